The fraction of sp³-hybridized carbons (Fsp3) is 0.318. The first-order valence-corrected chi connectivity index (χ1v) is 9.45. The molecule has 0 unspecified atom stereocenters. The molecule has 2 heterocycles. The number of aliphatic hydroxyl groups excluding tert-OH is 1. The normalized spacial score (nSPS) is 14.6. The highest BCUT2D eigenvalue weighted by molar-refractivity contribution is 5.33. The molecule has 0 spiro atoms. The first kappa shape index (κ1) is 17.8. The molecule has 0 fully saturated rings. The molecule has 3 aromatic rings. The molecule has 0 atom stereocenters. The molecule has 1 N–H and O–H groups in total. The Labute approximate surface area is 159 Å². The zero-order valence-electron chi connectivity index (χ0n) is 15.4. The number of benzene rings is 2. The number of para-hydroxylation sites is 1. The summed E-state index contributed by atoms with van der Waals surface area (Å²) in [5.74, 6) is 0.940. The van der Waals surface area contributed by atoms with E-state index in [0.29, 0.717) is 6.61 Å². The summed E-state index contributed by atoms with van der Waals surface area (Å²) >= 11 is 0. The molecule has 1 aliphatic rings. The zero-order valence-corrected chi connectivity index (χ0v) is 15.4. The van der Waals surface area contributed by atoms with Gasteiger partial charge in [0.1, 0.15) is 12.4 Å². The van der Waals surface area contributed by atoms with Gasteiger partial charge in [0.25, 0.3) is 0 Å². The molecule has 2 aromatic carbocycles. The van der Waals surface area contributed by atoms with Crippen molar-refractivity contribution in [1.82, 2.24) is 14.7 Å². The molecular weight excluding hydrogens is 338 g/mol. The lowest BCUT2D eigenvalue weighted by molar-refractivity contribution is 0.248. The second-order valence-corrected chi connectivity index (χ2v) is 6.95. The fourth-order valence-corrected chi connectivity index (χ4v) is 3.55. The zero-order chi connectivity index (χ0) is 18.5. The predicted molar refractivity (Wildman–Crippen MR) is 104 cm³/mol. The van der Waals surface area contributed by atoms with Crippen LogP contribution < -0.4 is 4.74 Å². The van der Waals surface area contributed by atoms with Crippen LogP contribution in [0, 0.1) is 0 Å². The Morgan fingerprint density at radius 3 is 2.67 bits per heavy atom. The second-order valence-electron chi connectivity index (χ2n) is 6.95. The van der Waals surface area contributed by atoms with Crippen molar-refractivity contribution in [2.45, 2.75) is 39.3 Å². The molecular formula is C22H25N3O2. The lowest BCUT2D eigenvalue weighted by Gasteiger charge is -2.21. The summed E-state index contributed by atoms with van der Waals surface area (Å²) in [5, 5.41) is 13.8. The largest absolute Gasteiger partial charge is 0.489 e. The highest BCUT2D eigenvalue weighted by atomic mass is 16.5. The van der Waals surface area contributed by atoms with Crippen molar-refractivity contribution in [2.75, 3.05) is 6.54 Å². The maximum atomic E-state index is 9.34. The van der Waals surface area contributed by atoms with Crippen LogP contribution in [0.1, 0.15) is 28.9 Å². The first-order chi connectivity index (χ1) is 13.3. The SMILES string of the molecule is OCc1cc2n(n1)CCCN(Cc1ccccc1OCc1ccccc1)C2. The minimum absolute atomic E-state index is 0.00381. The topological polar surface area (TPSA) is 50.5 Å². The lowest BCUT2D eigenvalue weighted by Crippen LogP contribution is -2.23. The minimum atomic E-state index is -0.00381. The van der Waals surface area contributed by atoms with Crippen LogP contribution in [0.2, 0.25) is 0 Å². The molecule has 0 radical (unpaired) electrons. The second kappa shape index (κ2) is 8.37. The highest BCUT2D eigenvalue weighted by Crippen LogP contribution is 2.23. The van der Waals surface area contributed by atoms with E-state index < -0.39 is 0 Å². The van der Waals surface area contributed by atoms with Crippen molar-refractivity contribution in [3.63, 3.8) is 0 Å². The van der Waals surface area contributed by atoms with E-state index in [1.807, 2.05) is 41.1 Å². The Morgan fingerprint density at radius 1 is 1.00 bits per heavy atom. The Hall–Kier alpha value is -2.63. The minimum Gasteiger partial charge on any atom is -0.489 e. The molecule has 1 aliphatic heterocycles. The van der Waals surface area contributed by atoms with E-state index in [1.54, 1.807) is 0 Å². The van der Waals surface area contributed by atoms with Crippen molar-refractivity contribution in [3.05, 3.63) is 83.2 Å². The number of fused-ring (bicyclic) bond motifs is 1. The average molecular weight is 363 g/mol. The van der Waals surface area contributed by atoms with E-state index in [0.717, 1.165) is 44.0 Å². The Bertz CT molecular complexity index is 876. The van der Waals surface area contributed by atoms with Crippen LogP contribution in [-0.4, -0.2) is 26.3 Å². The van der Waals surface area contributed by atoms with Crippen LogP contribution in [0.5, 0.6) is 5.75 Å². The Kier molecular flexibility index (Phi) is 5.51. The van der Waals surface area contributed by atoms with Crippen LogP contribution in [-0.2, 0) is 32.8 Å². The molecule has 0 saturated carbocycles. The van der Waals surface area contributed by atoms with Gasteiger partial charge in [-0.2, -0.15) is 5.10 Å². The van der Waals surface area contributed by atoms with Gasteiger partial charge in [-0.15, -0.1) is 0 Å². The highest BCUT2D eigenvalue weighted by Gasteiger charge is 2.18. The standard InChI is InChI=1S/C22H25N3O2/c26-16-20-13-21-15-24(11-6-12-25(21)23-20)14-19-9-4-5-10-22(19)27-17-18-7-2-1-3-8-18/h1-5,7-10,13,26H,6,11-12,14-17H2. The van der Waals surface area contributed by atoms with Crippen molar-refractivity contribution >= 4 is 0 Å². The van der Waals surface area contributed by atoms with Gasteiger partial charge in [0.2, 0.25) is 0 Å². The van der Waals surface area contributed by atoms with E-state index in [9.17, 15) is 5.11 Å². The van der Waals surface area contributed by atoms with E-state index in [4.69, 9.17) is 4.74 Å². The predicted octanol–water partition coefficient (Wildman–Crippen LogP) is 3.36. The third-order valence-corrected chi connectivity index (χ3v) is 4.91. The average Bonchev–Trinajstić information content (AvgIpc) is 3.00. The van der Waals surface area contributed by atoms with Gasteiger partial charge in [-0.25, -0.2) is 0 Å². The molecule has 0 saturated heterocycles. The van der Waals surface area contributed by atoms with Crippen LogP contribution in [0.4, 0.5) is 0 Å². The number of hydrogen-bond acceptors (Lipinski definition) is 4. The maximum Gasteiger partial charge on any atom is 0.124 e. The van der Waals surface area contributed by atoms with Crippen LogP contribution in [0.15, 0.2) is 60.7 Å². The molecule has 27 heavy (non-hydrogen) atoms. The van der Waals surface area contributed by atoms with Gasteiger partial charge >= 0.3 is 0 Å². The molecule has 5 heteroatoms. The first-order valence-electron chi connectivity index (χ1n) is 9.45. The quantitative estimate of drug-likeness (QED) is 0.730. The van der Waals surface area contributed by atoms with Crippen molar-refractivity contribution in [1.29, 1.82) is 0 Å². The van der Waals surface area contributed by atoms with Gasteiger partial charge in [-0.05, 0) is 24.1 Å². The lowest BCUT2D eigenvalue weighted by atomic mass is 10.1. The number of hydrogen-bond donors (Lipinski definition) is 1. The number of ether oxygens (including phenoxy) is 1. The monoisotopic (exact) mass is 363 g/mol. The van der Waals surface area contributed by atoms with E-state index in [2.05, 4.69) is 34.3 Å². The Balaban J connectivity index is 1.46. The molecule has 4 rings (SSSR count). The Morgan fingerprint density at radius 2 is 1.81 bits per heavy atom. The summed E-state index contributed by atoms with van der Waals surface area (Å²) in [6.07, 6.45) is 1.05. The number of rotatable bonds is 6. The smallest absolute Gasteiger partial charge is 0.124 e. The van der Waals surface area contributed by atoms with Crippen LogP contribution in [0.25, 0.3) is 0 Å². The summed E-state index contributed by atoms with van der Waals surface area (Å²) in [6.45, 7) is 4.16. The molecule has 1 aromatic heterocycles. The van der Waals surface area contributed by atoms with Crippen molar-refractivity contribution in [3.8, 4) is 5.75 Å². The third-order valence-electron chi connectivity index (χ3n) is 4.91. The van der Waals surface area contributed by atoms with E-state index in [1.165, 1.54) is 16.8 Å². The molecule has 0 aliphatic carbocycles. The van der Waals surface area contributed by atoms with Crippen LogP contribution in [0.3, 0.4) is 0 Å². The summed E-state index contributed by atoms with van der Waals surface area (Å²) in [6, 6.07) is 20.5. The maximum absolute atomic E-state index is 9.34. The summed E-state index contributed by atoms with van der Waals surface area (Å²) in [7, 11) is 0. The van der Waals surface area contributed by atoms with Gasteiger partial charge < -0.3 is 9.84 Å². The summed E-state index contributed by atoms with van der Waals surface area (Å²) in [4.78, 5) is 2.42. The molecule has 140 valence electrons. The summed E-state index contributed by atoms with van der Waals surface area (Å²) in [5.41, 5.74) is 4.28. The number of aryl methyl sites for hydroxylation is 1. The van der Waals surface area contributed by atoms with Gasteiger partial charge in [0, 0.05) is 31.7 Å². The van der Waals surface area contributed by atoms with E-state index in [-0.39, 0.29) is 6.61 Å². The van der Waals surface area contributed by atoms with Gasteiger partial charge in [0.15, 0.2) is 0 Å². The molecule has 5 nitrogen and oxygen atoms in total. The third kappa shape index (κ3) is 4.38. The number of nitrogens with zero attached hydrogens (tertiary/aromatic N) is 3. The molecule has 0 amide bonds. The van der Waals surface area contributed by atoms with Gasteiger partial charge in [-0.1, -0.05) is 48.5 Å². The van der Waals surface area contributed by atoms with E-state index >= 15 is 0 Å². The van der Waals surface area contributed by atoms with Crippen molar-refractivity contribution < 1.29 is 9.84 Å². The summed E-state index contributed by atoms with van der Waals surface area (Å²) < 4.78 is 8.14. The fourth-order valence-electron chi connectivity index (χ4n) is 3.55. The molecule has 0 bridgehead atoms. The van der Waals surface area contributed by atoms with Gasteiger partial charge in [0.05, 0.1) is 18.0 Å². The number of aliphatic hydroxyl groups is 1. The number of aromatic nitrogens is 2. The van der Waals surface area contributed by atoms with Crippen molar-refractivity contribution in [2.24, 2.45) is 0 Å². The van der Waals surface area contributed by atoms with Crippen LogP contribution >= 0.6 is 0 Å². The van der Waals surface area contributed by atoms with Gasteiger partial charge in [-0.3, -0.25) is 9.58 Å².